The topological polar surface area (TPSA) is 3.24 Å². The van der Waals surface area contributed by atoms with Gasteiger partial charge in [-0.3, -0.25) is 0 Å². The highest BCUT2D eigenvalue weighted by Gasteiger charge is 2.10. The lowest BCUT2D eigenvalue weighted by atomic mass is 10.1. The molecule has 1 atom stereocenters. The maximum atomic E-state index is 13.1. The van der Waals surface area contributed by atoms with E-state index in [9.17, 15) is 4.39 Å². The zero-order valence-corrected chi connectivity index (χ0v) is 10.8. The molecule has 0 fully saturated rings. The van der Waals surface area contributed by atoms with E-state index in [1.54, 1.807) is 6.07 Å². The molecule has 15 heavy (non-hydrogen) atoms. The fourth-order valence-electron chi connectivity index (χ4n) is 1.13. The van der Waals surface area contributed by atoms with Crippen LogP contribution in [0.2, 0.25) is 5.02 Å². The molecule has 0 aliphatic heterocycles. The standard InChI is InChI=1S/C10H12Cl2FN.ClH/c1-14(2)6-9(12)7-3-4-8(11)10(13)5-7;/h3-5,9H,6H2,1-2H3;1H. The number of rotatable bonds is 3. The first-order valence-corrected chi connectivity index (χ1v) is 5.06. The Hall–Kier alpha value is -0.0200. The molecule has 1 rings (SSSR count). The fourth-order valence-corrected chi connectivity index (χ4v) is 1.66. The van der Waals surface area contributed by atoms with Gasteiger partial charge in [-0.2, -0.15) is 0 Å². The molecule has 0 amide bonds. The van der Waals surface area contributed by atoms with Crippen molar-refractivity contribution < 1.29 is 4.39 Å². The number of likely N-dealkylation sites (N-methyl/N-ethyl adjacent to an activating group) is 1. The van der Waals surface area contributed by atoms with E-state index in [-0.39, 0.29) is 22.8 Å². The molecule has 0 N–H and O–H groups in total. The Morgan fingerprint density at radius 1 is 1.40 bits per heavy atom. The van der Waals surface area contributed by atoms with Crippen molar-refractivity contribution in [2.75, 3.05) is 20.6 Å². The Bertz CT molecular complexity index is 318. The van der Waals surface area contributed by atoms with E-state index in [4.69, 9.17) is 23.2 Å². The van der Waals surface area contributed by atoms with Crippen molar-refractivity contribution in [3.05, 3.63) is 34.6 Å². The Balaban J connectivity index is 0.00000196. The zero-order valence-electron chi connectivity index (χ0n) is 8.51. The van der Waals surface area contributed by atoms with Crippen LogP contribution in [0, 0.1) is 5.82 Å². The van der Waals surface area contributed by atoms with E-state index < -0.39 is 5.82 Å². The third-order valence-corrected chi connectivity index (χ3v) is 2.53. The minimum absolute atomic E-state index is 0. The van der Waals surface area contributed by atoms with Crippen LogP contribution in [0.15, 0.2) is 18.2 Å². The predicted molar refractivity (Wildman–Crippen MR) is 65.8 cm³/mol. The van der Waals surface area contributed by atoms with Gasteiger partial charge in [0.15, 0.2) is 0 Å². The van der Waals surface area contributed by atoms with Crippen molar-refractivity contribution in [3.63, 3.8) is 0 Å². The number of hydrogen-bond acceptors (Lipinski definition) is 1. The van der Waals surface area contributed by atoms with Crippen LogP contribution < -0.4 is 0 Å². The number of benzene rings is 1. The molecule has 5 heteroatoms. The van der Waals surface area contributed by atoms with Gasteiger partial charge in [-0.25, -0.2) is 4.39 Å². The average Bonchev–Trinajstić information content (AvgIpc) is 2.08. The summed E-state index contributed by atoms with van der Waals surface area (Å²) in [6.45, 7) is 0.669. The lowest BCUT2D eigenvalue weighted by Crippen LogP contribution is -2.17. The molecule has 1 aromatic carbocycles. The number of hydrogen-bond donors (Lipinski definition) is 0. The van der Waals surface area contributed by atoms with E-state index in [0.717, 1.165) is 5.56 Å². The molecule has 0 bridgehead atoms. The Morgan fingerprint density at radius 2 is 2.00 bits per heavy atom. The van der Waals surface area contributed by atoms with Crippen LogP contribution >= 0.6 is 35.6 Å². The smallest absolute Gasteiger partial charge is 0.142 e. The Morgan fingerprint density at radius 3 is 2.47 bits per heavy atom. The number of nitrogens with zero attached hydrogens (tertiary/aromatic N) is 1. The van der Waals surface area contributed by atoms with Crippen LogP contribution in [-0.4, -0.2) is 25.5 Å². The first-order chi connectivity index (χ1) is 6.50. The summed E-state index contributed by atoms with van der Waals surface area (Å²) < 4.78 is 13.1. The predicted octanol–water partition coefficient (Wildman–Crippen LogP) is 3.74. The van der Waals surface area contributed by atoms with Crippen LogP contribution in [0.25, 0.3) is 0 Å². The van der Waals surface area contributed by atoms with E-state index >= 15 is 0 Å². The molecule has 86 valence electrons. The Labute approximate surface area is 106 Å². The SMILES string of the molecule is CN(C)CC(Cl)c1ccc(Cl)c(F)c1.Cl. The molecule has 0 spiro atoms. The summed E-state index contributed by atoms with van der Waals surface area (Å²) in [4.78, 5) is 1.95. The minimum atomic E-state index is -0.423. The number of halogens is 4. The molecule has 0 saturated heterocycles. The summed E-state index contributed by atoms with van der Waals surface area (Å²) in [6, 6.07) is 4.65. The first kappa shape index (κ1) is 15.0. The van der Waals surface area contributed by atoms with Gasteiger partial charge in [0.25, 0.3) is 0 Å². The first-order valence-electron chi connectivity index (χ1n) is 4.24. The molecule has 0 aliphatic rings. The molecule has 1 nitrogen and oxygen atoms in total. The van der Waals surface area contributed by atoms with Gasteiger partial charge in [0.2, 0.25) is 0 Å². The van der Waals surface area contributed by atoms with Gasteiger partial charge in [-0.1, -0.05) is 17.7 Å². The molecular weight excluding hydrogens is 259 g/mol. The third kappa shape index (κ3) is 4.56. The average molecular weight is 273 g/mol. The highest BCUT2D eigenvalue weighted by atomic mass is 35.5. The van der Waals surface area contributed by atoms with Gasteiger partial charge < -0.3 is 4.90 Å². The monoisotopic (exact) mass is 271 g/mol. The van der Waals surface area contributed by atoms with E-state index in [1.165, 1.54) is 12.1 Å². The second-order valence-corrected chi connectivity index (χ2v) is 4.34. The van der Waals surface area contributed by atoms with Crippen molar-refractivity contribution in [3.8, 4) is 0 Å². The van der Waals surface area contributed by atoms with Crippen LogP contribution in [0.4, 0.5) is 4.39 Å². The summed E-state index contributed by atoms with van der Waals surface area (Å²) in [6.07, 6.45) is 0. The zero-order chi connectivity index (χ0) is 10.7. The summed E-state index contributed by atoms with van der Waals surface area (Å²) in [5, 5.41) is -0.0840. The van der Waals surface area contributed by atoms with E-state index in [1.807, 2.05) is 19.0 Å². The summed E-state index contributed by atoms with van der Waals surface area (Å²) >= 11 is 11.6. The van der Waals surface area contributed by atoms with E-state index in [0.29, 0.717) is 6.54 Å². The molecule has 0 radical (unpaired) electrons. The lowest BCUT2D eigenvalue weighted by molar-refractivity contribution is 0.407. The van der Waals surface area contributed by atoms with Gasteiger partial charge in [-0.15, -0.1) is 24.0 Å². The molecule has 0 saturated carbocycles. The quantitative estimate of drug-likeness (QED) is 0.758. The largest absolute Gasteiger partial charge is 0.308 e. The van der Waals surface area contributed by atoms with Crippen LogP contribution in [-0.2, 0) is 0 Å². The number of alkyl halides is 1. The van der Waals surface area contributed by atoms with E-state index in [2.05, 4.69) is 0 Å². The normalized spacial score (nSPS) is 12.4. The third-order valence-electron chi connectivity index (χ3n) is 1.83. The second kappa shape index (κ2) is 6.54. The van der Waals surface area contributed by atoms with Gasteiger partial charge in [-0.05, 0) is 31.8 Å². The van der Waals surface area contributed by atoms with Crippen molar-refractivity contribution >= 4 is 35.6 Å². The van der Waals surface area contributed by atoms with Gasteiger partial charge in [0, 0.05) is 6.54 Å². The second-order valence-electron chi connectivity index (χ2n) is 3.40. The van der Waals surface area contributed by atoms with Crippen LogP contribution in [0.3, 0.4) is 0 Å². The van der Waals surface area contributed by atoms with Crippen molar-refractivity contribution in [1.29, 1.82) is 0 Å². The minimum Gasteiger partial charge on any atom is -0.308 e. The van der Waals surface area contributed by atoms with Crippen molar-refractivity contribution in [2.24, 2.45) is 0 Å². The van der Waals surface area contributed by atoms with Gasteiger partial charge in [0.05, 0.1) is 10.4 Å². The molecular formula is C10H13Cl3FN. The molecule has 0 aliphatic carbocycles. The Kier molecular flexibility index (Phi) is 6.53. The molecule has 1 unspecified atom stereocenters. The summed E-state index contributed by atoms with van der Waals surface area (Å²) in [7, 11) is 3.84. The summed E-state index contributed by atoms with van der Waals surface area (Å²) in [5.74, 6) is -0.423. The van der Waals surface area contributed by atoms with Crippen LogP contribution in [0.5, 0.6) is 0 Å². The highest BCUT2D eigenvalue weighted by molar-refractivity contribution is 6.30. The maximum absolute atomic E-state index is 13.1. The molecule has 0 aromatic heterocycles. The maximum Gasteiger partial charge on any atom is 0.142 e. The molecule has 0 heterocycles. The van der Waals surface area contributed by atoms with Gasteiger partial charge >= 0.3 is 0 Å². The highest BCUT2D eigenvalue weighted by Crippen LogP contribution is 2.24. The van der Waals surface area contributed by atoms with Crippen molar-refractivity contribution in [2.45, 2.75) is 5.38 Å². The summed E-state index contributed by atoms with van der Waals surface area (Å²) in [5.41, 5.74) is 0.752. The van der Waals surface area contributed by atoms with Crippen LogP contribution in [0.1, 0.15) is 10.9 Å². The molecule has 1 aromatic rings. The van der Waals surface area contributed by atoms with Crippen molar-refractivity contribution in [1.82, 2.24) is 4.90 Å². The van der Waals surface area contributed by atoms with Gasteiger partial charge in [0.1, 0.15) is 5.82 Å². The lowest BCUT2D eigenvalue weighted by Gasteiger charge is -2.15. The fraction of sp³-hybridized carbons (Fsp3) is 0.400.